The lowest BCUT2D eigenvalue weighted by atomic mass is 10.1. The number of halogens is 1. The Morgan fingerprint density at radius 2 is 1.95 bits per heavy atom. The van der Waals surface area contributed by atoms with E-state index in [0.29, 0.717) is 17.0 Å². The van der Waals surface area contributed by atoms with Crippen LogP contribution in [0.25, 0.3) is 0 Å². The third-order valence-corrected chi connectivity index (χ3v) is 2.83. The quantitative estimate of drug-likeness (QED) is 0.880. The zero-order valence-electron chi connectivity index (χ0n) is 10.8. The van der Waals surface area contributed by atoms with E-state index in [1.54, 1.807) is 24.3 Å². The van der Waals surface area contributed by atoms with Gasteiger partial charge in [0.1, 0.15) is 11.6 Å². The van der Waals surface area contributed by atoms with Gasteiger partial charge in [-0.05, 0) is 42.0 Å². The molecule has 2 N–H and O–H groups in total. The Morgan fingerprint density at radius 3 is 2.55 bits per heavy atom. The standard InChI is InChI=1S/C15H14FNO3/c1-20-13-4-2-3-10(9-13)14(15(18)19)17-12-7-5-11(16)6-8-12/h2-9,14,17H,1H3,(H,18,19). The van der Waals surface area contributed by atoms with Gasteiger partial charge in [-0.3, -0.25) is 0 Å². The van der Waals surface area contributed by atoms with Crippen molar-refractivity contribution in [2.45, 2.75) is 6.04 Å². The molecule has 104 valence electrons. The molecule has 0 aliphatic heterocycles. The van der Waals surface area contributed by atoms with E-state index in [4.69, 9.17) is 4.74 Å². The van der Waals surface area contributed by atoms with Crippen LogP contribution in [0.15, 0.2) is 48.5 Å². The van der Waals surface area contributed by atoms with Crippen LogP contribution in [0.3, 0.4) is 0 Å². The Balaban J connectivity index is 2.26. The van der Waals surface area contributed by atoms with Crippen molar-refractivity contribution in [1.82, 2.24) is 0 Å². The highest BCUT2D eigenvalue weighted by Crippen LogP contribution is 2.23. The summed E-state index contributed by atoms with van der Waals surface area (Å²) in [6.07, 6.45) is 0. The normalized spacial score (nSPS) is 11.7. The number of carbonyl (C=O) groups is 1. The number of benzene rings is 2. The summed E-state index contributed by atoms with van der Waals surface area (Å²) in [5, 5.41) is 12.2. The van der Waals surface area contributed by atoms with E-state index >= 15 is 0 Å². The molecule has 0 bridgehead atoms. The lowest BCUT2D eigenvalue weighted by molar-refractivity contribution is -0.138. The van der Waals surface area contributed by atoms with E-state index in [1.807, 2.05) is 0 Å². The molecule has 1 unspecified atom stereocenters. The van der Waals surface area contributed by atoms with Crippen LogP contribution < -0.4 is 10.1 Å². The van der Waals surface area contributed by atoms with Gasteiger partial charge in [-0.1, -0.05) is 12.1 Å². The van der Waals surface area contributed by atoms with E-state index in [2.05, 4.69) is 5.32 Å². The Kier molecular flexibility index (Phi) is 4.20. The molecule has 2 aromatic rings. The zero-order chi connectivity index (χ0) is 14.5. The molecule has 0 aliphatic rings. The molecule has 0 heterocycles. The Labute approximate surface area is 115 Å². The maximum absolute atomic E-state index is 12.8. The van der Waals surface area contributed by atoms with Crippen LogP contribution in [0.5, 0.6) is 5.75 Å². The highest BCUT2D eigenvalue weighted by Gasteiger charge is 2.20. The van der Waals surface area contributed by atoms with Crippen molar-refractivity contribution in [3.8, 4) is 5.75 Å². The summed E-state index contributed by atoms with van der Waals surface area (Å²) < 4.78 is 17.9. The minimum absolute atomic E-state index is 0.371. The van der Waals surface area contributed by atoms with Crippen molar-refractivity contribution in [2.24, 2.45) is 0 Å². The number of methoxy groups -OCH3 is 1. The summed E-state index contributed by atoms with van der Waals surface area (Å²) in [5.74, 6) is -0.818. The van der Waals surface area contributed by atoms with E-state index in [0.717, 1.165) is 0 Å². The van der Waals surface area contributed by atoms with Gasteiger partial charge in [0.15, 0.2) is 6.04 Å². The molecule has 0 saturated carbocycles. The number of ether oxygens (including phenoxy) is 1. The van der Waals surface area contributed by atoms with Crippen LogP contribution in [-0.2, 0) is 4.79 Å². The van der Waals surface area contributed by atoms with Crippen molar-refractivity contribution < 1.29 is 19.0 Å². The van der Waals surface area contributed by atoms with Crippen molar-refractivity contribution in [1.29, 1.82) is 0 Å². The minimum atomic E-state index is -1.03. The van der Waals surface area contributed by atoms with E-state index in [9.17, 15) is 14.3 Å². The van der Waals surface area contributed by atoms with Crippen LogP contribution in [0, 0.1) is 5.82 Å². The first-order valence-corrected chi connectivity index (χ1v) is 5.99. The second-order valence-electron chi connectivity index (χ2n) is 4.20. The van der Waals surface area contributed by atoms with Gasteiger partial charge in [-0.2, -0.15) is 0 Å². The number of carboxylic acid groups (broad SMARTS) is 1. The summed E-state index contributed by atoms with van der Waals surface area (Å²) in [6.45, 7) is 0. The molecule has 2 rings (SSSR count). The first-order chi connectivity index (χ1) is 9.60. The van der Waals surface area contributed by atoms with Crippen molar-refractivity contribution in [3.05, 3.63) is 59.9 Å². The molecule has 5 heteroatoms. The topological polar surface area (TPSA) is 58.6 Å². The SMILES string of the molecule is COc1cccc(C(Nc2ccc(F)cc2)C(=O)O)c1. The van der Waals surface area contributed by atoms with E-state index in [1.165, 1.54) is 31.4 Å². The van der Waals surface area contributed by atoms with Crippen LogP contribution in [-0.4, -0.2) is 18.2 Å². The number of aliphatic carboxylic acids is 1. The third-order valence-electron chi connectivity index (χ3n) is 2.83. The van der Waals surface area contributed by atoms with Gasteiger partial charge in [0, 0.05) is 5.69 Å². The van der Waals surface area contributed by atoms with Gasteiger partial charge in [0.25, 0.3) is 0 Å². The molecule has 0 radical (unpaired) electrons. The largest absolute Gasteiger partial charge is 0.497 e. The second-order valence-corrected chi connectivity index (χ2v) is 4.20. The van der Waals surface area contributed by atoms with Gasteiger partial charge in [-0.25, -0.2) is 9.18 Å². The molecule has 0 amide bonds. The van der Waals surface area contributed by atoms with Crippen molar-refractivity contribution >= 4 is 11.7 Å². The average molecular weight is 275 g/mol. The summed E-state index contributed by atoms with van der Waals surface area (Å²) >= 11 is 0. The molecular formula is C15H14FNO3. The molecule has 4 nitrogen and oxygen atoms in total. The molecular weight excluding hydrogens is 261 g/mol. The molecule has 0 saturated heterocycles. The molecule has 2 aromatic carbocycles. The van der Waals surface area contributed by atoms with E-state index < -0.39 is 12.0 Å². The Hall–Kier alpha value is -2.56. The highest BCUT2D eigenvalue weighted by atomic mass is 19.1. The number of hydrogen-bond acceptors (Lipinski definition) is 3. The first-order valence-electron chi connectivity index (χ1n) is 5.99. The third kappa shape index (κ3) is 3.26. The maximum Gasteiger partial charge on any atom is 0.330 e. The second kappa shape index (κ2) is 6.06. The summed E-state index contributed by atoms with van der Waals surface area (Å²) in [7, 11) is 1.52. The molecule has 1 atom stereocenters. The Bertz CT molecular complexity index is 598. The van der Waals surface area contributed by atoms with E-state index in [-0.39, 0.29) is 5.82 Å². The number of anilines is 1. The summed E-state index contributed by atoms with van der Waals surface area (Å²) in [5.41, 5.74) is 1.09. The molecule has 0 spiro atoms. The van der Waals surface area contributed by atoms with Gasteiger partial charge in [0.05, 0.1) is 7.11 Å². The maximum atomic E-state index is 12.8. The van der Waals surface area contributed by atoms with Crippen LogP contribution in [0.4, 0.5) is 10.1 Å². The smallest absolute Gasteiger partial charge is 0.330 e. The molecule has 0 fully saturated rings. The van der Waals surface area contributed by atoms with Gasteiger partial charge in [-0.15, -0.1) is 0 Å². The number of carboxylic acids is 1. The fraction of sp³-hybridized carbons (Fsp3) is 0.133. The van der Waals surface area contributed by atoms with Gasteiger partial charge in [0.2, 0.25) is 0 Å². The minimum Gasteiger partial charge on any atom is -0.497 e. The lowest BCUT2D eigenvalue weighted by Gasteiger charge is -2.16. The predicted molar refractivity (Wildman–Crippen MR) is 73.4 cm³/mol. The average Bonchev–Trinajstić information content (AvgIpc) is 2.46. The van der Waals surface area contributed by atoms with Crippen molar-refractivity contribution in [2.75, 3.05) is 12.4 Å². The number of nitrogens with one attached hydrogen (secondary N) is 1. The fourth-order valence-corrected chi connectivity index (χ4v) is 1.82. The number of rotatable bonds is 5. The predicted octanol–water partition coefficient (Wildman–Crippen LogP) is 3.07. The molecule has 0 aromatic heterocycles. The van der Waals surface area contributed by atoms with Gasteiger partial charge >= 0.3 is 5.97 Å². The van der Waals surface area contributed by atoms with Crippen LogP contribution in [0.1, 0.15) is 11.6 Å². The molecule has 0 aliphatic carbocycles. The monoisotopic (exact) mass is 275 g/mol. The summed E-state index contributed by atoms with van der Waals surface area (Å²) in [6, 6.07) is 11.4. The van der Waals surface area contributed by atoms with Gasteiger partial charge < -0.3 is 15.2 Å². The van der Waals surface area contributed by atoms with Crippen molar-refractivity contribution in [3.63, 3.8) is 0 Å². The Morgan fingerprint density at radius 1 is 1.25 bits per heavy atom. The summed E-state index contributed by atoms with van der Waals surface area (Å²) in [4.78, 5) is 11.4. The highest BCUT2D eigenvalue weighted by molar-refractivity contribution is 5.79. The van der Waals surface area contributed by atoms with Crippen LogP contribution in [0.2, 0.25) is 0 Å². The fourth-order valence-electron chi connectivity index (χ4n) is 1.82. The lowest BCUT2D eigenvalue weighted by Crippen LogP contribution is -2.20. The molecule has 20 heavy (non-hydrogen) atoms. The zero-order valence-corrected chi connectivity index (χ0v) is 10.8. The van der Waals surface area contributed by atoms with Crippen LogP contribution >= 0.6 is 0 Å². The number of hydrogen-bond donors (Lipinski definition) is 2. The first kappa shape index (κ1) is 13.9.